The monoisotopic (exact) mass is 326 g/mol. The lowest BCUT2D eigenvalue weighted by atomic mass is 10.1. The van der Waals surface area contributed by atoms with Crippen molar-refractivity contribution in [3.05, 3.63) is 71.8 Å². The Balaban J connectivity index is 2.07. The average Bonchev–Trinajstić information content (AvgIpc) is 2.53. The van der Waals surface area contributed by atoms with E-state index in [4.69, 9.17) is 4.74 Å². The van der Waals surface area contributed by atoms with Crippen molar-refractivity contribution in [3.8, 4) is 0 Å². The van der Waals surface area contributed by atoms with E-state index >= 15 is 0 Å². The number of carbonyl (C=O) groups is 1. The van der Waals surface area contributed by atoms with Crippen molar-refractivity contribution in [2.45, 2.75) is 44.8 Å². The molecule has 122 valence electrons. The summed E-state index contributed by atoms with van der Waals surface area (Å²) in [5.74, 6) is 0.139. The third kappa shape index (κ3) is 5.15. The first-order valence-electron chi connectivity index (χ1n) is 8.16. The molecule has 0 heterocycles. The fraction of sp³-hybridized carbons (Fsp3) is 0.350. The number of Topliss-reactive ketones (excluding diaryl/α,β-unsaturated/α-hetero) is 1. The zero-order chi connectivity index (χ0) is 16.9. The maximum Gasteiger partial charge on any atom is 0.165 e. The summed E-state index contributed by atoms with van der Waals surface area (Å²) in [5.41, 5.74) is 2.07. The Labute approximate surface area is 140 Å². The van der Waals surface area contributed by atoms with Gasteiger partial charge in [0.2, 0.25) is 0 Å². The van der Waals surface area contributed by atoms with Gasteiger partial charge in [0, 0.05) is 12.0 Å². The standard InChI is InChI=1S/C20H26O2Si/c1-16(15-19(21)17-11-7-5-8-12-17)22-20(23(2,3)4)18-13-9-6-10-14-18/h5-14,16,20H,15H2,1-4H3/t16-,20-/m0/s1. The van der Waals surface area contributed by atoms with Crippen LogP contribution < -0.4 is 0 Å². The van der Waals surface area contributed by atoms with Gasteiger partial charge in [0.25, 0.3) is 0 Å². The average molecular weight is 327 g/mol. The third-order valence-corrected chi connectivity index (χ3v) is 5.87. The third-order valence-electron chi connectivity index (χ3n) is 3.83. The fourth-order valence-corrected chi connectivity index (χ4v) is 4.53. The second-order valence-corrected chi connectivity index (χ2v) is 12.4. The second-order valence-electron chi connectivity index (χ2n) is 7.10. The molecule has 0 aliphatic rings. The molecule has 23 heavy (non-hydrogen) atoms. The van der Waals surface area contributed by atoms with Crippen LogP contribution >= 0.6 is 0 Å². The Morgan fingerprint density at radius 3 is 2.00 bits per heavy atom. The highest BCUT2D eigenvalue weighted by Crippen LogP contribution is 2.30. The minimum absolute atomic E-state index is 0.0976. The largest absolute Gasteiger partial charge is 0.374 e. The normalized spacial score (nSPS) is 14.3. The summed E-state index contributed by atoms with van der Waals surface area (Å²) in [6.07, 6.45) is 0.317. The minimum atomic E-state index is -1.55. The SMILES string of the molecule is C[C@@H](CC(=O)c1ccccc1)O[C@H](c1ccccc1)[Si](C)(C)C. The van der Waals surface area contributed by atoms with Crippen molar-refractivity contribution < 1.29 is 9.53 Å². The highest BCUT2D eigenvalue weighted by molar-refractivity contribution is 6.77. The van der Waals surface area contributed by atoms with Crippen LogP contribution in [0.4, 0.5) is 0 Å². The zero-order valence-electron chi connectivity index (χ0n) is 14.5. The van der Waals surface area contributed by atoms with Gasteiger partial charge in [-0.15, -0.1) is 0 Å². The summed E-state index contributed by atoms with van der Waals surface area (Å²) >= 11 is 0. The van der Waals surface area contributed by atoms with Gasteiger partial charge in [-0.1, -0.05) is 80.3 Å². The van der Waals surface area contributed by atoms with Gasteiger partial charge >= 0.3 is 0 Å². The van der Waals surface area contributed by atoms with E-state index in [0.29, 0.717) is 6.42 Å². The molecule has 0 radical (unpaired) electrons. The second kappa shape index (κ2) is 7.71. The van der Waals surface area contributed by atoms with Crippen molar-refractivity contribution >= 4 is 13.9 Å². The Morgan fingerprint density at radius 2 is 1.48 bits per heavy atom. The molecule has 0 aliphatic heterocycles. The molecule has 3 heteroatoms. The van der Waals surface area contributed by atoms with E-state index in [-0.39, 0.29) is 17.6 Å². The fourth-order valence-electron chi connectivity index (χ4n) is 2.69. The van der Waals surface area contributed by atoms with E-state index < -0.39 is 8.07 Å². The summed E-state index contributed by atoms with van der Waals surface area (Å²) in [6, 6.07) is 19.8. The van der Waals surface area contributed by atoms with Gasteiger partial charge in [-0.2, -0.15) is 0 Å². The van der Waals surface area contributed by atoms with Crippen LogP contribution in [0.15, 0.2) is 60.7 Å². The Bertz CT molecular complexity index is 617. The van der Waals surface area contributed by atoms with Crippen molar-refractivity contribution in [3.63, 3.8) is 0 Å². The Morgan fingerprint density at radius 1 is 0.957 bits per heavy atom. The first-order chi connectivity index (χ1) is 10.9. The first kappa shape index (κ1) is 17.6. The molecule has 0 fully saturated rings. The molecule has 0 spiro atoms. The molecule has 0 aromatic heterocycles. The molecule has 2 aromatic rings. The molecule has 2 atom stereocenters. The molecule has 0 saturated carbocycles. The van der Waals surface area contributed by atoms with Crippen LogP contribution in [-0.2, 0) is 4.74 Å². The predicted octanol–water partition coefficient (Wildman–Crippen LogP) is 5.28. The topological polar surface area (TPSA) is 26.3 Å². The number of hydrogen-bond acceptors (Lipinski definition) is 2. The van der Waals surface area contributed by atoms with Crippen LogP contribution in [0.5, 0.6) is 0 Å². The number of benzene rings is 2. The van der Waals surface area contributed by atoms with Gasteiger partial charge in [-0.25, -0.2) is 0 Å². The quantitative estimate of drug-likeness (QED) is 0.511. The smallest absolute Gasteiger partial charge is 0.165 e. The molecule has 2 rings (SSSR count). The molecule has 0 N–H and O–H groups in total. The maximum atomic E-state index is 12.4. The minimum Gasteiger partial charge on any atom is -0.374 e. The van der Waals surface area contributed by atoms with Crippen LogP contribution in [0, 0.1) is 0 Å². The first-order valence-corrected chi connectivity index (χ1v) is 11.7. The van der Waals surface area contributed by atoms with E-state index in [9.17, 15) is 4.79 Å². The van der Waals surface area contributed by atoms with Gasteiger partial charge in [0.15, 0.2) is 5.78 Å². The summed E-state index contributed by atoms with van der Waals surface area (Å²) in [7, 11) is -1.55. The molecule has 0 unspecified atom stereocenters. The van der Waals surface area contributed by atoms with E-state index in [1.807, 2.05) is 55.5 Å². The van der Waals surface area contributed by atoms with Crippen LogP contribution in [0.1, 0.15) is 35.0 Å². The van der Waals surface area contributed by atoms with Crippen molar-refractivity contribution in [1.82, 2.24) is 0 Å². The van der Waals surface area contributed by atoms with Crippen LogP contribution in [0.25, 0.3) is 0 Å². The number of carbonyl (C=O) groups excluding carboxylic acids is 1. The number of hydrogen-bond donors (Lipinski definition) is 0. The number of ketones is 1. The number of ether oxygens (including phenoxy) is 1. The molecule has 0 amide bonds. The van der Waals surface area contributed by atoms with Crippen molar-refractivity contribution in [2.24, 2.45) is 0 Å². The maximum absolute atomic E-state index is 12.4. The summed E-state index contributed by atoms with van der Waals surface area (Å²) in [4.78, 5) is 12.4. The van der Waals surface area contributed by atoms with Crippen LogP contribution in [-0.4, -0.2) is 20.0 Å². The van der Waals surface area contributed by atoms with Gasteiger partial charge in [-0.3, -0.25) is 4.79 Å². The van der Waals surface area contributed by atoms with Crippen molar-refractivity contribution in [1.29, 1.82) is 0 Å². The Hall–Kier alpha value is -1.71. The lowest BCUT2D eigenvalue weighted by Crippen LogP contribution is -2.35. The van der Waals surface area contributed by atoms with Gasteiger partial charge in [0.05, 0.1) is 19.9 Å². The van der Waals surface area contributed by atoms with E-state index in [1.165, 1.54) is 5.56 Å². The van der Waals surface area contributed by atoms with E-state index in [2.05, 4.69) is 31.8 Å². The van der Waals surface area contributed by atoms with E-state index in [1.54, 1.807) is 0 Å². The molecular weight excluding hydrogens is 300 g/mol. The number of rotatable bonds is 7. The van der Waals surface area contributed by atoms with Crippen LogP contribution in [0.3, 0.4) is 0 Å². The summed E-state index contributed by atoms with van der Waals surface area (Å²) < 4.78 is 6.33. The summed E-state index contributed by atoms with van der Waals surface area (Å²) in [6.45, 7) is 8.90. The van der Waals surface area contributed by atoms with Crippen LogP contribution in [0.2, 0.25) is 19.6 Å². The summed E-state index contributed by atoms with van der Waals surface area (Å²) in [5, 5.41) is 0. The molecular formula is C20H26O2Si. The molecule has 0 saturated heterocycles. The molecule has 2 aromatic carbocycles. The highest BCUT2D eigenvalue weighted by Gasteiger charge is 2.31. The Kier molecular flexibility index (Phi) is 5.91. The molecule has 0 bridgehead atoms. The van der Waals surface area contributed by atoms with Crippen molar-refractivity contribution in [2.75, 3.05) is 0 Å². The lowest BCUT2D eigenvalue weighted by molar-refractivity contribution is 0.0303. The van der Waals surface area contributed by atoms with Gasteiger partial charge < -0.3 is 4.74 Å². The van der Waals surface area contributed by atoms with E-state index in [0.717, 1.165) is 5.56 Å². The zero-order valence-corrected chi connectivity index (χ0v) is 15.5. The lowest BCUT2D eigenvalue weighted by Gasteiger charge is -2.32. The predicted molar refractivity (Wildman–Crippen MR) is 98.5 cm³/mol. The molecule has 2 nitrogen and oxygen atoms in total. The highest BCUT2D eigenvalue weighted by atomic mass is 28.3. The van der Waals surface area contributed by atoms with Gasteiger partial charge in [0.1, 0.15) is 0 Å². The van der Waals surface area contributed by atoms with Gasteiger partial charge in [-0.05, 0) is 12.5 Å². The molecule has 0 aliphatic carbocycles.